The lowest BCUT2D eigenvalue weighted by molar-refractivity contribution is 0.415. The van der Waals surface area contributed by atoms with Crippen LogP contribution in [0.25, 0.3) is 0 Å². The van der Waals surface area contributed by atoms with Crippen molar-refractivity contribution in [2.75, 3.05) is 31.4 Å². The van der Waals surface area contributed by atoms with Gasteiger partial charge in [-0.3, -0.25) is 0 Å². The summed E-state index contributed by atoms with van der Waals surface area (Å²) >= 11 is 0. The van der Waals surface area contributed by atoms with Crippen molar-refractivity contribution >= 4 is 17.3 Å². The van der Waals surface area contributed by atoms with E-state index in [-0.39, 0.29) is 0 Å². The van der Waals surface area contributed by atoms with Crippen molar-refractivity contribution in [2.24, 2.45) is 0 Å². The Kier molecular flexibility index (Phi) is 3.62. The Balaban J connectivity index is 2.37. The summed E-state index contributed by atoms with van der Waals surface area (Å²) in [5.41, 5.74) is 0.959. The van der Waals surface area contributed by atoms with Crippen molar-refractivity contribution in [1.82, 2.24) is 9.97 Å². The Morgan fingerprint density at radius 3 is 2.72 bits per heavy atom. The van der Waals surface area contributed by atoms with Crippen LogP contribution in [0.4, 0.5) is 17.3 Å². The molecule has 0 saturated carbocycles. The van der Waals surface area contributed by atoms with Gasteiger partial charge >= 0.3 is 0 Å². The van der Waals surface area contributed by atoms with Gasteiger partial charge in [-0.1, -0.05) is 12.1 Å². The van der Waals surface area contributed by atoms with Crippen molar-refractivity contribution in [3.8, 4) is 5.75 Å². The maximum Gasteiger partial charge on any atom is 0.142 e. The van der Waals surface area contributed by atoms with Gasteiger partial charge in [-0.2, -0.15) is 0 Å². The van der Waals surface area contributed by atoms with Gasteiger partial charge in [0.2, 0.25) is 0 Å². The minimum absolute atomic E-state index is 0.779. The molecule has 0 aliphatic heterocycles. The summed E-state index contributed by atoms with van der Waals surface area (Å²) in [5.74, 6) is 2.39. The number of hydrogen-bond acceptors (Lipinski definition) is 5. The van der Waals surface area contributed by atoms with Crippen LogP contribution in [0, 0.1) is 0 Å². The highest BCUT2D eigenvalue weighted by atomic mass is 16.5. The monoisotopic (exact) mass is 244 g/mol. The number of para-hydroxylation sites is 2. The molecule has 2 rings (SSSR count). The number of hydrogen-bond donors (Lipinski definition) is 1. The summed E-state index contributed by atoms with van der Waals surface area (Å²) < 4.78 is 5.34. The lowest BCUT2D eigenvalue weighted by atomic mass is 10.2. The fourth-order valence-corrected chi connectivity index (χ4v) is 1.70. The third-order valence-electron chi connectivity index (χ3n) is 2.70. The number of methoxy groups -OCH3 is 1. The van der Waals surface area contributed by atoms with Gasteiger partial charge in [-0.25, -0.2) is 9.97 Å². The van der Waals surface area contributed by atoms with Crippen molar-refractivity contribution in [2.45, 2.75) is 0 Å². The molecule has 1 aromatic carbocycles. The summed E-state index contributed by atoms with van der Waals surface area (Å²) in [4.78, 5) is 10.3. The van der Waals surface area contributed by atoms with Crippen LogP contribution >= 0.6 is 0 Å². The summed E-state index contributed by atoms with van der Waals surface area (Å²) in [6, 6.07) is 9.70. The molecule has 2 aromatic rings. The second-order valence-electron chi connectivity index (χ2n) is 3.74. The van der Waals surface area contributed by atoms with Crippen molar-refractivity contribution in [1.29, 1.82) is 0 Å². The van der Waals surface area contributed by atoms with E-state index >= 15 is 0 Å². The molecule has 0 unspecified atom stereocenters. The zero-order valence-corrected chi connectivity index (χ0v) is 10.7. The molecular weight excluding hydrogens is 228 g/mol. The molecule has 0 radical (unpaired) electrons. The van der Waals surface area contributed by atoms with E-state index in [1.165, 1.54) is 6.33 Å². The number of benzene rings is 1. The fraction of sp³-hybridized carbons (Fsp3) is 0.231. The Bertz CT molecular complexity index is 530. The normalized spacial score (nSPS) is 9.94. The lowest BCUT2D eigenvalue weighted by Gasteiger charge is -2.20. The van der Waals surface area contributed by atoms with E-state index < -0.39 is 0 Å². The van der Waals surface area contributed by atoms with Gasteiger partial charge in [-0.15, -0.1) is 0 Å². The van der Waals surface area contributed by atoms with Crippen LogP contribution in [0.3, 0.4) is 0 Å². The highest BCUT2D eigenvalue weighted by molar-refractivity contribution is 5.67. The van der Waals surface area contributed by atoms with Crippen molar-refractivity contribution in [3.05, 3.63) is 36.7 Å². The predicted molar refractivity (Wildman–Crippen MR) is 72.6 cm³/mol. The zero-order chi connectivity index (χ0) is 13.0. The number of anilines is 3. The molecule has 0 fully saturated rings. The molecular formula is C13H16N4O. The van der Waals surface area contributed by atoms with Crippen LogP contribution in [0.5, 0.6) is 5.75 Å². The van der Waals surface area contributed by atoms with Gasteiger partial charge in [-0.05, 0) is 12.1 Å². The van der Waals surface area contributed by atoms with Crippen LogP contribution in [0.2, 0.25) is 0 Å². The van der Waals surface area contributed by atoms with E-state index in [4.69, 9.17) is 4.74 Å². The number of rotatable bonds is 4. The highest BCUT2D eigenvalue weighted by Crippen LogP contribution is 2.31. The maximum atomic E-state index is 5.34. The van der Waals surface area contributed by atoms with E-state index in [0.29, 0.717) is 0 Å². The molecule has 5 nitrogen and oxygen atoms in total. The van der Waals surface area contributed by atoms with Gasteiger partial charge < -0.3 is 15.0 Å². The second kappa shape index (κ2) is 5.35. The molecule has 0 atom stereocenters. The second-order valence-corrected chi connectivity index (χ2v) is 3.74. The van der Waals surface area contributed by atoms with Crippen LogP contribution < -0.4 is 15.0 Å². The van der Waals surface area contributed by atoms with Crippen LogP contribution in [0.15, 0.2) is 36.7 Å². The molecule has 0 spiro atoms. The van der Waals surface area contributed by atoms with Crippen LogP contribution in [0.1, 0.15) is 0 Å². The van der Waals surface area contributed by atoms with E-state index in [2.05, 4.69) is 15.3 Å². The average Bonchev–Trinajstić information content (AvgIpc) is 2.46. The maximum absolute atomic E-state index is 5.34. The number of nitrogens with one attached hydrogen (secondary N) is 1. The summed E-state index contributed by atoms with van der Waals surface area (Å²) in [6.07, 6.45) is 1.53. The molecule has 1 N–H and O–H groups in total. The molecule has 1 aromatic heterocycles. The van der Waals surface area contributed by atoms with Gasteiger partial charge in [0.15, 0.2) is 0 Å². The van der Waals surface area contributed by atoms with E-state index in [1.54, 1.807) is 7.11 Å². The third-order valence-corrected chi connectivity index (χ3v) is 2.70. The Hall–Kier alpha value is -2.30. The van der Waals surface area contributed by atoms with Gasteiger partial charge in [0, 0.05) is 20.2 Å². The van der Waals surface area contributed by atoms with Crippen LogP contribution in [-0.2, 0) is 0 Å². The topological polar surface area (TPSA) is 50.3 Å². The number of aromatic nitrogens is 2. The van der Waals surface area contributed by atoms with Crippen LogP contribution in [-0.4, -0.2) is 31.2 Å². The van der Waals surface area contributed by atoms with Crippen molar-refractivity contribution < 1.29 is 4.74 Å². The Labute approximate surface area is 106 Å². The molecule has 0 bridgehead atoms. The largest absolute Gasteiger partial charge is 0.495 e. The Morgan fingerprint density at radius 2 is 2.00 bits per heavy atom. The molecule has 1 heterocycles. The smallest absolute Gasteiger partial charge is 0.142 e. The lowest BCUT2D eigenvalue weighted by Crippen LogP contribution is -2.12. The van der Waals surface area contributed by atoms with E-state index in [0.717, 1.165) is 23.1 Å². The third kappa shape index (κ3) is 2.34. The fourth-order valence-electron chi connectivity index (χ4n) is 1.70. The molecule has 18 heavy (non-hydrogen) atoms. The molecule has 94 valence electrons. The predicted octanol–water partition coefficient (Wildman–Crippen LogP) is 2.29. The zero-order valence-electron chi connectivity index (χ0n) is 10.7. The van der Waals surface area contributed by atoms with Gasteiger partial charge in [0.1, 0.15) is 23.7 Å². The first kappa shape index (κ1) is 12.2. The minimum atomic E-state index is 0.779. The first-order chi connectivity index (χ1) is 8.76. The summed E-state index contributed by atoms with van der Waals surface area (Å²) in [5, 5.41) is 2.99. The molecule has 0 saturated heterocycles. The van der Waals surface area contributed by atoms with E-state index in [9.17, 15) is 0 Å². The number of ether oxygens (including phenoxy) is 1. The average molecular weight is 244 g/mol. The SMILES string of the molecule is CNc1cc(N(C)c2ccccc2OC)ncn1. The standard InChI is InChI=1S/C13H16N4O/c1-14-12-8-13(16-9-15-12)17(2)10-6-4-5-7-11(10)18-3/h4-9H,1-3H3,(H,14,15,16). The highest BCUT2D eigenvalue weighted by Gasteiger charge is 2.10. The summed E-state index contributed by atoms with van der Waals surface area (Å²) in [7, 11) is 5.43. The number of nitrogens with zero attached hydrogens (tertiary/aromatic N) is 3. The van der Waals surface area contributed by atoms with Crippen molar-refractivity contribution in [3.63, 3.8) is 0 Å². The molecule has 5 heteroatoms. The minimum Gasteiger partial charge on any atom is -0.495 e. The van der Waals surface area contributed by atoms with E-state index in [1.807, 2.05) is 49.3 Å². The Morgan fingerprint density at radius 1 is 1.22 bits per heavy atom. The first-order valence-corrected chi connectivity index (χ1v) is 5.63. The van der Waals surface area contributed by atoms with Gasteiger partial charge in [0.05, 0.1) is 12.8 Å². The first-order valence-electron chi connectivity index (χ1n) is 5.63. The quantitative estimate of drug-likeness (QED) is 0.894. The molecule has 0 aliphatic rings. The van der Waals surface area contributed by atoms with Gasteiger partial charge in [0.25, 0.3) is 0 Å². The summed E-state index contributed by atoms with van der Waals surface area (Å²) in [6.45, 7) is 0. The molecule has 0 aliphatic carbocycles. The molecule has 0 amide bonds.